The van der Waals surface area contributed by atoms with Gasteiger partial charge in [0.15, 0.2) is 0 Å². The van der Waals surface area contributed by atoms with E-state index in [4.69, 9.17) is 0 Å². The Morgan fingerprint density at radius 2 is 1.92 bits per heavy atom. The molecule has 3 aromatic rings. The average Bonchev–Trinajstić information content (AvgIpc) is 2.99. The molecule has 0 aliphatic carbocycles. The third-order valence-corrected chi connectivity index (χ3v) is 3.82. The highest BCUT2D eigenvalue weighted by Gasteiger charge is 2.22. The quantitative estimate of drug-likeness (QED) is 0.800. The predicted octanol–water partition coefficient (Wildman–Crippen LogP) is 2.70. The molecule has 124 valence electrons. The topological polar surface area (TPSA) is 72.2 Å². The van der Waals surface area contributed by atoms with Gasteiger partial charge in [0, 0.05) is 11.9 Å². The molecule has 0 bridgehead atoms. The maximum Gasteiger partial charge on any atom is 0.291 e. The van der Waals surface area contributed by atoms with Crippen molar-refractivity contribution < 1.29 is 9.18 Å². The molecule has 1 amide bonds. The van der Waals surface area contributed by atoms with Gasteiger partial charge >= 0.3 is 0 Å². The van der Waals surface area contributed by atoms with Gasteiger partial charge in [-0.05, 0) is 36.6 Å². The van der Waals surface area contributed by atoms with E-state index in [1.165, 1.54) is 16.6 Å². The molecule has 1 aromatic carbocycles. The number of nitrogens with zero attached hydrogens (tertiary/aromatic N) is 4. The van der Waals surface area contributed by atoms with Gasteiger partial charge in [-0.2, -0.15) is 4.98 Å². The molecule has 1 N–H and O–H groups in total. The van der Waals surface area contributed by atoms with E-state index in [-0.39, 0.29) is 29.5 Å². The number of hydrogen-bond acceptors (Lipinski definition) is 4. The fraction of sp³-hybridized carbons (Fsp3) is 0.294. The molecule has 7 heteroatoms. The lowest BCUT2D eigenvalue weighted by Gasteiger charge is -2.22. The molecule has 3 rings (SSSR count). The Kier molecular flexibility index (Phi) is 4.24. The maximum absolute atomic E-state index is 13.1. The molecule has 2 heterocycles. The summed E-state index contributed by atoms with van der Waals surface area (Å²) in [5.41, 5.74) is 1.67. The van der Waals surface area contributed by atoms with Gasteiger partial charge in [-0.1, -0.05) is 26.0 Å². The summed E-state index contributed by atoms with van der Waals surface area (Å²) in [6, 6.07) is 7.63. The number of halogens is 1. The number of carbonyl (C=O) groups is 1. The van der Waals surface area contributed by atoms with Crippen LogP contribution in [0.15, 0.2) is 36.5 Å². The minimum Gasteiger partial charge on any atom is -0.342 e. The number of aryl methyl sites for hydroxylation is 1. The Hall–Kier alpha value is -2.83. The summed E-state index contributed by atoms with van der Waals surface area (Å²) in [6.45, 7) is 5.83. The summed E-state index contributed by atoms with van der Waals surface area (Å²) in [7, 11) is 0. The van der Waals surface area contributed by atoms with Crippen molar-refractivity contribution >= 4 is 11.7 Å². The Labute approximate surface area is 138 Å². The van der Waals surface area contributed by atoms with Crippen LogP contribution in [-0.4, -0.2) is 25.5 Å². The lowest BCUT2D eigenvalue weighted by Crippen LogP contribution is -2.32. The fourth-order valence-corrected chi connectivity index (χ4v) is 2.51. The molecule has 0 saturated heterocycles. The van der Waals surface area contributed by atoms with Crippen LogP contribution in [0.5, 0.6) is 0 Å². The molecular formula is C17H18FN5O. The highest BCUT2D eigenvalue weighted by molar-refractivity contribution is 5.91. The zero-order chi connectivity index (χ0) is 17.3. The van der Waals surface area contributed by atoms with Crippen LogP contribution in [0.4, 0.5) is 4.39 Å². The van der Waals surface area contributed by atoms with E-state index < -0.39 is 0 Å². The number of amides is 1. The molecular weight excluding hydrogens is 309 g/mol. The molecule has 1 atom stereocenters. The van der Waals surface area contributed by atoms with Crippen LogP contribution in [0, 0.1) is 18.7 Å². The molecule has 0 saturated carbocycles. The van der Waals surface area contributed by atoms with Gasteiger partial charge in [0.05, 0.1) is 6.04 Å². The molecule has 24 heavy (non-hydrogen) atoms. The lowest BCUT2D eigenvalue weighted by molar-refractivity contribution is 0.0915. The number of hydrogen-bond donors (Lipinski definition) is 1. The summed E-state index contributed by atoms with van der Waals surface area (Å²) >= 11 is 0. The summed E-state index contributed by atoms with van der Waals surface area (Å²) in [6.07, 6.45) is 1.62. The number of rotatable bonds is 4. The first-order chi connectivity index (χ1) is 11.5. The van der Waals surface area contributed by atoms with Crippen molar-refractivity contribution in [2.24, 2.45) is 5.92 Å². The van der Waals surface area contributed by atoms with E-state index in [0.717, 1.165) is 11.3 Å². The number of fused-ring (bicyclic) bond motifs is 1. The second kappa shape index (κ2) is 6.35. The van der Waals surface area contributed by atoms with Crippen LogP contribution in [-0.2, 0) is 0 Å². The zero-order valence-electron chi connectivity index (χ0n) is 13.7. The number of aromatic nitrogens is 4. The van der Waals surface area contributed by atoms with Gasteiger partial charge in [0.2, 0.25) is 5.82 Å². The number of nitrogens with one attached hydrogen (secondary N) is 1. The second-order valence-electron chi connectivity index (χ2n) is 5.98. The van der Waals surface area contributed by atoms with Crippen molar-refractivity contribution in [2.45, 2.75) is 26.8 Å². The average molecular weight is 327 g/mol. The van der Waals surface area contributed by atoms with E-state index in [2.05, 4.69) is 20.4 Å². The minimum absolute atomic E-state index is 0.0598. The SMILES string of the molecule is Cc1ccnc2nc(C(=O)NC(c3ccc(F)cc3)C(C)C)nn12. The van der Waals surface area contributed by atoms with Crippen LogP contribution >= 0.6 is 0 Å². The van der Waals surface area contributed by atoms with Crippen LogP contribution in [0.3, 0.4) is 0 Å². The van der Waals surface area contributed by atoms with Crippen molar-refractivity contribution in [3.05, 3.63) is 59.4 Å². The molecule has 0 aliphatic rings. The highest BCUT2D eigenvalue weighted by atomic mass is 19.1. The lowest BCUT2D eigenvalue weighted by atomic mass is 9.96. The molecule has 0 spiro atoms. The second-order valence-corrected chi connectivity index (χ2v) is 5.98. The van der Waals surface area contributed by atoms with Crippen LogP contribution in [0.2, 0.25) is 0 Å². The first-order valence-corrected chi connectivity index (χ1v) is 7.70. The third kappa shape index (κ3) is 3.10. The van der Waals surface area contributed by atoms with Crippen molar-refractivity contribution in [1.82, 2.24) is 24.9 Å². The van der Waals surface area contributed by atoms with Crippen LogP contribution in [0.1, 0.15) is 41.8 Å². The molecule has 1 unspecified atom stereocenters. The first-order valence-electron chi connectivity index (χ1n) is 7.70. The van der Waals surface area contributed by atoms with Crippen molar-refractivity contribution in [2.75, 3.05) is 0 Å². The normalized spacial score (nSPS) is 12.5. The molecule has 6 nitrogen and oxygen atoms in total. The predicted molar refractivity (Wildman–Crippen MR) is 87.0 cm³/mol. The smallest absolute Gasteiger partial charge is 0.291 e. The minimum atomic E-state index is -0.386. The Balaban J connectivity index is 1.87. The Morgan fingerprint density at radius 3 is 2.54 bits per heavy atom. The van der Waals surface area contributed by atoms with Gasteiger partial charge < -0.3 is 5.32 Å². The third-order valence-electron chi connectivity index (χ3n) is 3.82. The highest BCUT2D eigenvalue weighted by Crippen LogP contribution is 2.22. The summed E-state index contributed by atoms with van der Waals surface area (Å²) in [4.78, 5) is 20.8. The van der Waals surface area contributed by atoms with Crippen molar-refractivity contribution in [1.29, 1.82) is 0 Å². The van der Waals surface area contributed by atoms with E-state index in [1.807, 2.05) is 20.8 Å². The summed E-state index contributed by atoms with van der Waals surface area (Å²) in [5.74, 6) is -0.136. The first kappa shape index (κ1) is 16.0. The molecule has 0 radical (unpaired) electrons. The maximum atomic E-state index is 13.1. The Bertz CT molecular complexity index is 872. The number of carbonyl (C=O) groups excluding carboxylic acids is 1. The van der Waals surface area contributed by atoms with Crippen LogP contribution < -0.4 is 5.32 Å². The fourth-order valence-electron chi connectivity index (χ4n) is 2.51. The van der Waals surface area contributed by atoms with Gasteiger partial charge in [0.1, 0.15) is 5.82 Å². The van der Waals surface area contributed by atoms with E-state index >= 15 is 0 Å². The van der Waals surface area contributed by atoms with Gasteiger partial charge in [-0.3, -0.25) is 4.79 Å². The molecule has 0 aliphatic heterocycles. The summed E-state index contributed by atoms with van der Waals surface area (Å²) in [5, 5.41) is 7.12. The molecule has 0 fully saturated rings. The summed E-state index contributed by atoms with van der Waals surface area (Å²) < 4.78 is 14.6. The van der Waals surface area contributed by atoms with Gasteiger partial charge in [-0.15, -0.1) is 5.10 Å². The largest absolute Gasteiger partial charge is 0.342 e. The monoisotopic (exact) mass is 327 g/mol. The van der Waals surface area contributed by atoms with Crippen LogP contribution in [0.25, 0.3) is 5.78 Å². The van der Waals surface area contributed by atoms with E-state index in [9.17, 15) is 9.18 Å². The van der Waals surface area contributed by atoms with E-state index in [1.54, 1.807) is 24.4 Å². The zero-order valence-corrected chi connectivity index (χ0v) is 13.7. The van der Waals surface area contributed by atoms with Crippen molar-refractivity contribution in [3.8, 4) is 0 Å². The Morgan fingerprint density at radius 1 is 1.21 bits per heavy atom. The standard InChI is InChI=1S/C17H18FN5O/c1-10(2)14(12-4-6-13(18)7-5-12)20-16(24)15-21-17-19-9-8-11(3)23(17)22-15/h4-10,14H,1-3H3,(H,20,24). The van der Waals surface area contributed by atoms with Gasteiger partial charge in [0.25, 0.3) is 11.7 Å². The van der Waals surface area contributed by atoms with E-state index in [0.29, 0.717) is 5.78 Å². The number of benzene rings is 1. The molecule has 2 aromatic heterocycles. The van der Waals surface area contributed by atoms with Crippen molar-refractivity contribution in [3.63, 3.8) is 0 Å². The van der Waals surface area contributed by atoms with Gasteiger partial charge in [-0.25, -0.2) is 13.9 Å².